The van der Waals surface area contributed by atoms with Gasteiger partial charge in [0.2, 0.25) is 23.3 Å². The lowest BCUT2D eigenvalue weighted by Crippen LogP contribution is -2.42. The van der Waals surface area contributed by atoms with E-state index in [1.54, 1.807) is 15.0 Å². The third-order valence-electron chi connectivity index (χ3n) is 12.1. The van der Waals surface area contributed by atoms with E-state index in [2.05, 4.69) is 86.2 Å². The monoisotopic (exact) mass is 1830 g/mol. The van der Waals surface area contributed by atoms with E-state index in [4.69, 9.17) is 74.1 Å². The average molecular weight is 1830 g/mol. The molecule has 0 aliphatic carbocycles. The number of alkyl halides is 4. The van der Waals surface area contributed by atoms with Crippen molar-refractivity contribution in [2.75, 3.05) is 26.3 Å². The smallest absolute Gasteiger partial charge is 0.385 e. The van der Waals surface area contributed by atoms with E-state index in [1.165, 1.54) is 0 Å². The summed E-state index contributed by atoms with van der Waals surface area (Å²) in [7, 11) is -45.6. The largest absolute Gasteiger partial charge is 0.481 e. The molecule has 52 nitrogen and oxygen atoms in total. The summed E-state index contributed by atoms with van der Waals surface area (Å²) in [5.74, 6) is -21.6. The van der Waals surface area contributed by atoms with Crippen molar-refractivity contribution >= 4 is 111 Å². The van der Waals surface area contributed by atoms with Crippen LogP contribution in [0.5, 0.6) is 0 Å². The summed E-state index contributed by atoms with van der Waals surface area (Å²) in [4.78, 5) is 156. The van der Waals surface area contributed by atoms with Crippen LogP contribution in [0.2, 0.25) is 0 Å². The van der Waals surface area contributed by atoms with Gasteiger partial charge in [0.05, 0.1) is 33.0 Å². The van der Waals surface area contributed by atoms with Crippen LogP contribution in [-0.4, -0.2) is 236 Å². The lowest BCUT2D eigenvalue weighted by molar-refractivity contribution is -0.204. The molecule has 8 heterocycles. The molecule has 20 atom stereocenters. The van der Waals surface area contributed by atoms with E-state index in [0.29, 0.717) is 21.5 Å². The molecule has 8 rings (SSSR count). The van der Waals surface area contributed by atoms with Crippen molar-refractivity contribution in [3.8, 4) is 0 Å². The van der Waals surface area contributed by atoms with Gasteiger partial charge in [0.25, 0.3) is 45.7 Å². The first-order valence-corrected chi connectivity index (χ1v) is 39.7. The van der Waals surface area contributed by atoms with Gasteiger partial charge in [-0.2, -0.15) is 34.8 Å². The van der Waals surface area contributed by atoms with E-state index >= 15 is 8.78 Å². The molecule has 0 spiro atoms. The highest BCUT2D eigenvalue weighted by Gasteiger charge is 2.61. The molecule has 0 amide bonds. The summed E-state index contributed by atoms with van der Waals surface area (Å²) in [6, 6.07) is 0. The number of nitrogens with zero attached hydrogens (tertiary/aromatic N) is 4. The lowest BCUT2D eigenvalue weighted by Gasteiger charge is -2.24. The first kappa shape index (κ1) is 85.3. The zero-order valence-electron chi connectivity index (χ0n) is 56.3. The van der Waals surface area contributed by atoms with Gasteiger partial charge in [-0.15, -0.1) is 0 Å². The molecular formula is C36H48F8N8O44P8S4. The number of aromatic amines is 4. The van der Waals surface area contributed by atoms with Crippen molar-refractivity contribution in [1.29, 1.82) is 0 Å². The highest BCUT2D eigenvalue weighted by molar-refractivity contribution is 7.72. The van der Waals surface area contributed by atoms with Crippen molar-refractivity contribution in [3.05, 3.63) is 109 Å². The molecule has 4 fully saturated rings. The van der Waals surface area contributed by atoms with Crippen molar-refractivity contribution in [2.45, 2.75) is 97.1 Å². The van der Waals surface area contributed by atoms with Crippen LogP contribution in [0.4, 0.5) is 35.1 Å². The summed E-state index contributed by atoms with van der Waals surface area (Å²) in [6.45, 7) is -11.9. The van der Waals surface area contributed by atoms with Gasteiger partial charge < -0.3 is 119 Å². The number of aromatic nitrogens is 8. The van der Waals surface area contributed by atoms with Crippen molar-refractivity contribution < 1.29 is 234 Å². The summed E-state index contributed by atoms with van der Waals surface area (Å²) in [5.41, 5.74) is -5.19. The van der Waals surface area contributed by atoms with Crippen LogP contribution in [0.3, 0.4) is 0 Å². The molecule has 4 saturated heterocycles. The standard InChI is InChI=1S/4C9H12F2N2O11P2S/c4*10-3-1-13(8(27)12-6(3)16)7-4(14)5(15)9(11,23-7)2-22-26(20,21)24-25(17,18)19/h4*1,4-5,7,14-15H,2H2,(H,20,21)(H,12,16,27)(H2,17,18,19)/t4*4-,5+,7-,9-/m1111/s1/i2D2,7D;7D;2D2;. The number of rotatable bonds is 24. The summed E-state index contributed by atoms with van der Waals surface area (Å²) in [5, 5.41) is 79.3. The fourth-order valence-corrected chi connectivity index (χ4v) is 14.7. The number of nitrogens with one attached hydrogen (secondary N) is 4. The Balaban J connectivity index is 0.000000272. The van der Waals surface area contributed by atoms with Crippen LogP contribution < -0.4 is 22.2 Å². The normalized spacial score (nSPS) is 33.4. The number of halogens is 8. The number of phosphoric acid groups is 8. The second kappa shape index (κ2) is 34.8. The number of aliphatic hydroxyl groups excluding tert-OH is 8. The molecule has 4 unspecified atom stereocenters. The maximum absolute atomic E-state index is 15.2. The quantitative estimate of drug-likeness (QED) is 0.0186. The Morgan fingerprint density at radius 2 is 0.602 bits per heavy atom. The number of H-pyrrole nitrogens is 4. The summed E-state index contributed by atoms with van der Waals surface area (Å²) < 4.78 is 293. The van der Waals surface area contributed by atoms with Crippen LogP contribution in [0, 0.1) is 42.4 Å². The Labute approximate surface area is 613 Å². The Hall–Kier alpha value is -3.60. The first-order chi connectivity index (χ1) is 50.8. The molecule has 4 aliphatic heterocycles. The average Bonchev–Trinajstić information content (AvgIpc) is 1.55. The van der Waals surface area contributed by atoms with E-state index < -0.39 is 251 Å². The number of hydrogen-bond acceptors (Lipinski definition) is 36. The van der Waals surface area contributed by atoms with Gasteiger partial charge in [0.1, 0.15) is 75.2 Å². The Morgan fingerprint density at radius 1 is 0.389 bits per heavy atom. The summed E-state index contributed by atoms with van der Waals surface area (Å²) >= 11 is 18.7. The Morgan fingerprint density at radius 3 is 0.898 bits per heavy atom. The van der Waals surface area contributed by atoms with E-state index in [1.807, 2.05) is 4.98 Å². The van der Waals surface area contributed by atoms with Gasteiger partial charge in [-0.3, -0.25) is 75.5 Å². The molecule has 24 N–H and O–H groups in total. The third kappa shape index (κ3) is 25.2. The molecule has 616 valence electrons. The zero-order valence-corrected chi connectivity index (χ0v) is 60.7. The summed E-state index contributed by atoms with van der Waals surface area (Å²) in [6.07, 6.45) is -30.1. The second-order valence-corrected chi connectivity index (χ2v) is 32.7. The van der Waals surface area contributed by atoms with Crippen LogP contribution in [0.25, 0.3) is 0 Å². The Kier molecular flexibility index (Phi) is 27.5. The van der Waals surface area contributed by atoms with Gasteiger partial charge >= 0.3 is 62.6 Å². The van der Waals surface area contributed by atoms with Gasteiger partial charge in [-0.25, -0.2) is 54.1 Å². The number of aliphatic hydroxyl groups is 8. The minimum absolute atomic E-state index is 0.0923. The predicted octanol–water partition coefficient (Wildman–Crippen LogP) is -3.25. The fraction of sp³-hybridized carbons (Fsp3) is 0.556. The SMILES string of the molecule is O=c1[nH]c(=S)n([C@@H]2O[C@](F)(COP(=O)(O)OP(=O)(O)O)[C@@H](O)[C@H]2O)cc1F.[2H]C([2H])(OP(=O)(O)OP(=O)(O)O)[C@@]1(F)O[C@@H](n2cc(F)c(=O)[nH]c2=S)[C@H](O)[C@@H]1O.[2H]C([2H])(OP(=O)(O)OP(=O)(O)O)[C@@]1(F)O[C@@]([2H])(n2cc(F)c(=O)[nH]c2=S)[C@H](O)[C@@H]1O.[2H][C@@]1(n2cc(F)c(=O)[nH]c2=S)O[C@](F)(COP(=O)(O)OP(=O)(O)O)[C@@H](O)[C@H]1O. The fourth-order valence-electron chi connectivity index (χ4n) is 7.66. The molecule has 72 heteroatoms. The molecule has 0 bridgehead atoms. The number of phosphoric ester groups is 4. The van der Waals surface area contributed by atoms with E-state index in [-0.39, 0.29) is 21.5 Å². The van der Waals surface area contributed by atoms with Crippen molar-refractivity contribution in [2.24, 2.45) is 0 Å². The van der Waals surface area contributed by atoms with Gasteiger partial charge in [-0.1, -0.05) is 0 Å². The van der Waals surface area contributed by atoms with Gasteiger partial charge in [-0.05, 0) is 48.9 Å². The molecule has 0 radical (unpaired) electrons. The highest BCUT2D eigenvalue weighted by Crippen LogP contribution is 2.62. The van der Waals surface area contributed by atoms with Crippen LogP contribution in [0.1, 0.15) is 33.1 Å². The van der Waals surface area contributed by atoms with Gasteiger partial charge in [0, 0.05) is 0 Å². The highest BCUT2D eigenvalue weighted by atomic mass is 32.1. The second-order valence-electron chi connectivity index (χ2n) is 20.0. The van der Waals surface area contributed by atoms with Crippen LogP contribution >= 0.6 is 111 Å². The predicted molar refractivity (Wildman–Crippen MR) is 323 cm³/mol. The topological polar surface area (TPSA) is 803 Å². The molecule has 108 heavy (non-hydrogen) atoms. The molecule has 0 aromatic carbocycles. The van der Waals surface area contributed by atoms with E-state index in [9.17, 15) is 133 Å². The van der Waals surface area contributed by atoms with Gasteiger partial charge in [0.15, 0.2) is 43.9 Å². The number of ether oxygens (including phenoxy) is 4. The minimum atomic E-state index is -6.06. The maximum Gasteiger partial charge on any atom is 0.481 e. The van der Waals surface area contributed by atoms with Crippen molar-refractivity contribution in [1.82, 2.24) is 38.2 Å². The Bertz CT molecular complexity index is 5270. The maximum atomic E-state index is 15.2. The van der Waals surface area contributed by atoms with E-state index in [0.717, 1.165) is 0 Å². The first-order valence-electron chi connectivity index (χ1n) is 28.9. The molecule has 0 saturated carbocycles. The minimum Gasteiger partial charge on any atom is -0.385 e. The molecule has 4 aromatic heterocycles. The van der Waals surface area contributed by atoms with Crippen LogP contribution in [0.15, 0.2) is 44.0 Å². The third-order valence-corrected chi connectivity index (χ3v) is 21.6. The molecule has 4 aliphatic rings. The van der Waals surface area contributed by atoms with Crippen molar-refractivity contribution in [3.63, 3.8) is 0 Å². The zero-order chi connectivity index (χ0) is 88.6. The number of hydrogen-bond donors (Lipinski definition) is 24. The molecule has 4 aromatic rings. The van der Waals surface area contributed by atoms with Crippen LogP contribution in [-0.2, 0) is 90.8 Å². The lowest BCUT2D eigenvalue weighted by atomic mass is 10.1. The molecular weight excluding hydrogens is 1780 g/mol.